The van der Waals surface area contributed by atoms with Gasteiger partial charge in [0.2, 0.25) is 5.91 Å². The number of rotatable bonds is 7. The molecule has 0 aliphatic heterocycles. The summed E-state index contributed by atoms with van der Waals surface area (Å²) < 4.78 is 0. The normalized spacial score (nSPS) is 12.2. The van der Waals surface area contributed by atoms with Gasteiger partial charge in [0.05, 0.1) is 6.42 Å². The molecule has 2 aromatic rings. The Bertz CT molecular complexity index is 605. The topological polar surface area (TPSA) is 32.3 Å². The molecule has 2 rings (SSSR count). The molecule has 2 aromatic carbocycles. The summed E-state index contributed by atoms with van der Waals surface area (Å²) in [6.45, 7) is 2.71. The summed E-state index contributed by atoms with van der Waals surface area (Å²) >= 11 is 0. The third-order valence-electron chi connectivity index (χ3n) is 4.06. The van der Waals surface area contributed by atoms with Gasteiger partial charge in [0.15, 0.2) is 0 Å². The zero-order valence-electron chi connectivity index (χ0n) is 14.3. The lowest BCUT2D eigenvalue weighted by atomic mass is 10.0. The van der Waals surface area contributed by atoms with Crippen LogP contribution in [-0.4, -0.2) is 37.5 Å². The second-order valence-electron chi connectivity index (χ2n) is 6.27. The molecule has 0 saturated heterocycles. The number of hydrogen-bond donors (Lipinski definition) is 1. The number of benzene rings is 2. The number of carbonyl (C=O) groups is 1. The number of amides is 1. The Labute approximate surface area is 139 Å². The van der Waals surface area contributed by atoms with E-state index in [1.807, 2.05) is 30.3 Å². The van der Waals surface area contributed by atoms with Crippen molar-refractivity contribution in [3.8, 4) is 0 Å². The summed E-state index contributed by atoms with van der Waals surface area (Å²) in [4.78, 5) is 14.3. The number of nitrogens with zero attached hydrogens (tertiary/aromatic N) is 1. The van der Waals surface area contributed by atoms with Crippen molar-refractivity contribution in [1.82, 2.24) is 10.2 Å². The highest BCUT2D eigenvalue weighted by Crippen LogP contribution is 2.07. The van der Waals surface area contributed by atoms with E-state index in [1.165, 1.54) is 11.1 Å². The zero-order chi connectivity index (χ0) is 16.7. The van der Waals surface area contributed by atoms with Gasteiger partial charge in [-0.1, -0.05) is 60.2 Å². The SMILES string of the molecule is Cc1ccc(CC(=O)NCC(Cc2ccccc2)N(C)C)cc1. The van der Waals surface area contributed by atoms with Gasteiger partial charge in [-0.15, -0.1) is 0 Å². The van der Waals surface area contributed by atoms with Crippen molar-refractivity contribution in [1.29, 1.82) is 0 Å². The van der Waals surface area contributed by atoms with E-state index in [0.717, 1.165) is 12.0 Å². The smallest absolute Gasteiger partial charge is 0.224 e. The first-order chi connectivity index (χ1) is 11.0. The average molecular weight is 310 g/mol. The molecule has 3 nitrogen and oxygen atoms in total. The Morgan fingerprint density at radius 2 is 1.65 bits per heavy atom. The molecular weight excluding hydrogens is 284 g/mol. The van der Waals surface area contributed by atoms with Crippen LogP contribution in [0.1, 0.15) is 16.7 Å². The Morgan fingerprint density at radius 3 is 2.26 bits per heavy atom. The van der Waals surface area contributed by atoms with Crippen LogP contribution in [0.3, 0.4) is 0 Å². The van der Waals surface area contributed by atoms with Crippen LogP contribution in [-0.2, 0) is 17.6 Å². The first-order valence-electron chi connectivity index (χ1n) is 8.07. The Balaban J connectivity index is 1.85. The van der Waals surface area contributed by atoms with Crippen molar-refractivity contribution in [2.45, 2.75) is 25.8 Å². The minimum atomic E-state index is 0.0776. The number of nitrogens with one attached hydrogen (secondary N) is 1. The van der Waals surface area contributed by atoms with Gasteiger partial charge >= 0.3 is 0 Å². The quantitative estimate of drug-likeness (QED) is 0.853. The third kappa shape index (κ3) is 5.87. The average Bonchev–Trinajstić information content (AvgIpc) is 2.54. The molecule has 0 saturated carbocycles. The van der Waals surface area contributed by atoms with Crippen LogP contribution in [0, 0.1) is 6.92 Å². The number of carbonyl (C=O) groups excluding carboxylic acids is 1. The maximum absolute atomic E-state index is 12.1. The predicted octanol–water partition coefficient (Wildman–Crippen LogP) is 2.83. The first kappa shape index (κ1) is 17.2. The van der Waals surface area contributed by atoms with Crippen molar-refractivity contribution in [2.24, 2.45) is 0 Å². The van der Waals surface area contributed by atoms with E-state index in [4.69, 9.17) is 0 Å². The van der Waals surface area contributed by atoms with Gasteiger partial charge in [0.25, 0.3) is 0 Å². The van der Waals surface area contributed by atoms with Gasteiger partial charge in [-0.25, -0.2) is 0 Å². The second-order valence-corrected chi connectivity index (χ2v) is 6.27. The largest absolute Gasteiger partial charge is 0.354 e. The summed E-state index contributed by atoms with van der Waals surface area (Å²) in [6.07, 6.45) is 1.37. The van der Waals surface area contributed by atoms with Crippen LogP contribution < -0.4 is 5.32 Å². The molecule has 0 fully saturated rings. The standard InChI is InChI=1S/C20H26N2O/c1-16-9-11-18(12-10-16)14-20(23)21-15-19(22(2)3)13-17-7-5-4-6-8-17/h4-12,19H,13-15H2,1-3H3,(H,21,23). The molecule has 1 atom stereocenters. The molecule has 0 bridgehead atoms. The molecule has 0 spiro atoms. The highest BCUT2D eigenvalue weighted by atomic mass is 16.1. The van der Waals surface area contributed by atoms with Crippen LogP contribution in [0.2, 0.25) is 0 Å². The minimum absolute atomic E-state index is 0.0776. The molecule has 0 aromatic heterocycles. The second kappa shape index (κ2) is 8.49. The molecule has 3 heteroatoms. The Kier molecular flexibility index (Phi) is 6.36. The monoisotopic (exact) mass is 310 g/mol. The van der Waals surface area contributed by atoms with Crippen molar-refractivity contribution in [3.63, 3.8) is 0 Å². The summed E-state index contributed by atoms with van der Waals surface area (Å²) in [6, 6.07) is 18.8. The van der Waals surface area contributed by atoms with Crippen molar-refractivity contribution < 1.29 is 4.79 Å². The summed E-state index contributed by atoms with van der Waals surface area (Å²) in [7, 11) is 4.11. The zero-order valence-corrected chi connectivity index (χ0v) is 14.3. The maximum atomic E-state index is 12.1. The van der Waals surface area contributed by atoms with Crippen LogP contribution in [0.25, 0.3) is 0 Å². The fourth-order valence-electron chi connectivity index (χ4n) is 2.51. The van der Waals surface area contributed by atoms with Gasteiger partial charge in [-0.3, -0.25) is 4.79 Å². The minimum Gasteiger partial charge on any atom is -0.354 e. The third-order valence-corrected chi connectivity index (χ3v) is 4.06. The van der Waals surface area contributed by atoms with E-state index in [9.17, 15) is 4.79 Å². The van der Waals surface area contributed by atoms with Gasteiger partial charge in [-0.2, -0.15) is 0 Å². The van der Waals surface area contributed by atoms with Crippen LogP contribution >= 0.6 is 0 Å². The summed E-state index contributed by atoms with van der Waals surface area (Å²) in [5.74, 6) is 0.0776. The fraction of sp³-hybridized carbons (Fsp3) is 0.350. The molecule has 1 unspecified atom stereocenters. The van der Waals surface area contributed by atoms with Gasteiger partial charge in [-0.05, 0) is 38.6 Å². The Hall–Kier alpha value is -2.13. The molecule has 0 aliphatic rings. The van der Waals surface area contributed by atoms with E-state index in [2.05, 4.69) is 55.5 Å². The van der Waals surface area contributed by atoms with Gasteiger partial charge in [0.1, 0.15) is 0 Å². The molecule has 23 heavy (non-hydrogen) atoms. The van der Waals surface area contributed by atoms with Crippen molar-refractivity contribution in [3.05, 3.63) is 71.3 Å². The molecular formula is C20H26N2O. The fourth-order valence-corrected chi connectivity index (χ4v) is 2.51. The lowest BCUT2D eigenvalue weighted by molar-refractivity contribution is -0.120. The first-order valence-corrected chi connectivity index (χ1v) is 8.07. The molecule has 122 valence electrons. The molecule has 0 aliphatic carbocycles. The van der Waals surface area contributed by atoms with E-state index in [1.54, 1.807) is 0 Å². The molecule has 0 radical (unpaired) electrons. The van der Waals surface area contributed by atoms with Crippen LogP contribution in [0.5, 0.6) is 0 Å². The van der Waals surface area contributed by atoms with E-state index in [-0.39, 0.29) is 5.91 Å². The predicted molar refractivity (Wildman–Crippen MR) is 95.5 cm³/mol. The molecule has 1 amide bonds. The van der Waals surface area contributed by atoms with Gasteiger partial charge in [0, 0.05) is 12.6 Å². The van der Waals surface area contributed by atoms with Crippen molar-refractivity contribution in [2.75, 3.05) is 20.6 Å². The maximum Gasteiger partial charge on any atom is 0.224 e. The highest BCUT2D eigenvalue weighted by molar-refractivity contribution is 5.78. The lowest BCUT2D eigenvalue weighted by Gasteiger charge is -2.24. The molecule has 1 N–H and O–H groups in total. The van der Waals surface area contributed by atoms with Crippen LogP contribution in [0.15, 0.2) is 54.6 Å². The summed E-state index contributed by atoms with van der Waals surface area (Å²) in [5, 5.41) is 3.07. The van der Waals surface area contributed by atoms with E-state index < -0.39 is 0 Å². The number of likely N-dealkylation sites (N-methyl/N-ethyl adjacent to an activating group) is 1. The van der Waals surface area contributed by atoms with E-state index >= 15 is 0 Å². The molecule has 0 heterocycles. The van der Waals surface area contributed by atoms with Crippen molar-refractivity contribution >= 4 is 5.91 Å². The van der Waals surface area contributed by atoms with Gasteiger partial charge < -0.3 is 10.2 Å². The number of aryl methyl sites for hydroxylation is 1. The highest BCUT2D eigenvalue weighted by Gasteiger charge is 2.13. The van der Waals surface area contributed by atoms with Crippen LogP contribution in [0.4, 0.5) is 0 Å². The summed E-state index contributed by atoms with van der Waals surface area (Å²) in [5.41, 5.74) is 3.56. The Morgan fingerprint density at radius 1 is 1.00 bits per heavy atom. The lowest BCUT2D eigenvalue weighted by Crippen LogP contribution is -2.42. The van der Waals surface area contributed by atoms with E-state index in [0.29, 0.717) is 19.0 Å². The number of hydrogen-bond acceptors (Lipinski definition) is 2.